The maximum Gasteiger partial charge on any atom is 0.320 e. The van der Waals surface area contributed by atoms with Crippen molar-refractivity contribution >= 4 is 12.0 Å². The molecule has 2 amide bonds. The number of hydrogen-bond acceptors (Lipinski definition) is 3. The Hall–Kier alpha value is -1.30. The molecule has 1 heterocycles. The van der Waals surface area contributed by atoms with Gasteiger partial charge in [0.25, 0.3) is 0 Å². The van der Waals surface area contributed by atoms with Crippen molar-refractivity contribution in [1.29, 1.82) is 0 Å². The molecule has 2 N–H and O–H groups in total. The molecule has 0 spiro atoms. The number of rotatable bonds is 3. The van der Waals surface area contributed by atoms with E-state index in [1.165, 1.54) is 0 Å². The van der Waals surface area contributed by atoms with E-state index in [0.29, 0.717) is 13.1 Å². The van der Waals surface area contributed by atoms with Gasteiger partial charge in [0.15, 0.2) is 0 Å². The molecule has 0 aromatic heterocycles. The number of aliphatic hydroxyl groups is 1. The zero-order valence-corrected chi connectivity index (χ0v) is 11.3. The SMILES string of the molecule is CN(C(=O)N1CC(CC(=O)O)C1)C1CCCCC1O. The van der Waals surface area contributed by atoms with Gasteiger partial charge < -0.3 is 20.0 Å². The van der Waals surface area contributed by atoms with Crippen LogP contribution in [0.5, 0.6) is 0 Å². The molecule has 2 rings (SSSR count). The summed E-state index contributed by atoms with van der Waals surface area (Å²) in [6.45, 7) is 1.02. The zero-order valence-electron chi connectivity index (χ0n) is 11.3. The summed E-state index contributed by atoms with van der Waals surface area (Å²) in [5.41, 5.74) is 0. The molecule has 2 aliphatic rings. The molecule has 0 aromatic carbocycles. The maximum absolute atomic E-state index is 12.2. The molecule has 2 atom stereocenters. The van der Waals surface area contributed by atoms with Gasteiger partial charge in [0.1, 0.15) is 0 Å². The lowest BCUT2D eigenvalue weighted by molar-refractivity contribution is -0.139. The van der Waals surface area contributed by atoms with Crippen molar-refractivity contribution in [1.82, 2.24) is 9.80 Å². The molecular formula is C13H22N2O4. The molecule has 19 heavy (non-hydrogen) atoms. The number of carbonyl (C=O) groups excluding carboxylic acids is 1. The van der Waals surface area contributed by atoms with E-state index in [1.54, 1.807) is 16.8 Å². The second-order valence-electron chi connectivity index (χ2n) is 5.68. The summed E-state index contributed by atoms with van der Waals surface area (Å²) in [5.74, 6) is -0.737. The predicted octanol–water partition coefficient (Wildman–Crippen LogP) is 0.748. The van der Waals surface area contributed by atoms with Gasteiger partial charge in [0.05, 0.1) is 18.6 Å². The van der Waals surface area contributed by atoms with Crippen molar-refractivity contribution in [2.24, 2.45) is 5.92 Å². The summed E-state index contributed by atoms with van der Waals surface area (Å²) < 4.78 is 0. The van der Waals surface area contributed by atoms with E-state index in [0.717, 1.165) is 25.7 Å². The lowest BCUT2D eigenvalue weighted by atomic mass is 9.91. The molecular weight excluding hydrogens is 248 g/mol. The largest absolute Gasteiger partial charge is 0.481 e. The second-order valence-corrected chi connectivity index (χ2v) is 5.68. The van der Waals surface area contributed by atoms with Crippen LogP contribution in [0.4, 0.5) is 4.79 Å². The molecule has 6 nitrogen and oxygen atoms in total. The van der Waals surface area contributed by atoms with E-state index >= 15 is 0 Å². The van der Waals surface area contributed by atoms with Gasteiger partial charge in [-0.15, -0.1) is 0 Å². The van der Waals surface area contributed by atoms with Crippen molar-refractivity contribution in [2.75, 3.05) is 20.1 Å². The number of likely N-dealkylation sites (tertiary alicyclic amines) is 1. The first-order valence-corrected chi connectivity index (χ1v) is 6.90. The molecule has 1 saturated heterocycles. The number of nitrogens with zero attached hydrogens (tertiary/aromatic N) is 2. The summed E-state index contributed by atoms with van der Waals surface area (Å²) >= 11 is 0. The van der Waals surface area contributed by atoms with Gasteiger partial charge in [0, 0.05) is 26.1 Å². The number of carboxylic acid groups (broad SMARTS) is 1. The van der Waals surface area contributed by atoms with Crippen molar-refractivity contribution in [2.45, 2.75) is 44.2 Å². The fraction of sp³-hybridized carbons (Fsp3) is 0.846. The molecule has 2 unspecified atom stereocenters. The number of carboxylic acids is 1. The van der Waals surface area contributed by atoms with Crippen LogP contribution in [0, 0.1) is 5.92 Å². The fourth-order valence-corrected chi connectivity index (χ4v) is 3.01. The Labute approximate surface area is 113 Å². The molecule has 6 heteroatoms. The van der Waals surface area contributed by atoms with Crippen LogP contribution in [-0.4, -0.2) is 64.3 Å². The Morgan fingerprint density at radius 3 is 2.47 bits per heavy atom. The molecule has 0 bridgehead atoms. The topological polar surface area (TPSA) is 81.1 Å². The summed E-state index contributed by atoms with van der Waals surface area (Å²) in [7, 11) is 1.73. The lowest BCUT2D eigenvalue weighted by Crippen LogP contribution is -2.58. The van der Waals surface area contributed by atoms with Gasteiger partial charge in [-0.25, -0.2) is 4.79 Å². The van der Waals surface area contributed by atoms with Crippen molar-refractivity contribution in [3.8, 4) is 0 Å². The predicted molar refractivity (Wildman–Crippen MR) is 68.7 cm³/mol. The molecule has 1 aliphatic heterocycles. The first kappa shape index (κ1) is 14.1. The van der Waals surface area contributed by atoms with Crippen LogP contribution in [0.2, 0.25) is 0 Å². The minimum absolute atomic E-state index is 0.0751. The highest BCUT2D eigenvalue weighted by atomic mass is 16.4. The summed E-state index contributed by atoms with van der Waals surface area (Å²) in [4.78, 5) is 26.0. The monoisotopic (exact) mass is 270 g/mol. The molecule has 2 fully saturated rings. The number of amides is 2. The Morgan fingerprint density at radius 2 is 1.89 bits per heavy atom. The highest BCUT2D eigenvalue weighted by molar-refractivity contribution is 5.76. The Morgan fingerprint density at radius 1 is 1.26 bits per heavy atom. The van der Waals surface area contributed by atoms with Gasteiger partial charge in [-0.3, -0.25) is 4.79 Å². The smallest absolute Gasteiger partial charge is 0.320 e. The molecule has 1 saturated carbocycles. The minimum Gasteiger partial charge on any atom is -0.481 e. The maximum atomic E-state index is 12.2. The highest BCUT2D eigenvalue weighted by Gasteiger charge is 2.37. The van der Waals surface area contributed by atoms with Gasteiger partial charge >= 0.3 is 12.0 Å². The van der Waals surface area contributed by atoms with Crippen molar-refractivity contribution < 1.29 is 19.8 Å². The van der Waals surface area contributed by atoms with E-state index in [9.17, 15) is 14.7 Å². The first-order valence-electron chi connectivity index (χ1n) is 6.90. The number of hydrogen-bond donors (Lipinski definition) is 2. The van der Waals surface area contributed by atoms with Crippen LogP contribution in [0.1, 0.15) is 32.1 Å². The number of aliphatic hydroxyl groups excluding tert-OH is 1. The average Bonchev–Trinajstić information content (AvgIpc) is 2.32. The molecule has 0 aromatic rings. The number of carbonyl (C=O) groups is 2. The molecule has 108 valence electrons. The minimum atomic E-state index is -0.812. The van der Waals surface area contributed by atoms with Gasteiger partial charge in [-0.05, 0) is 12.8 Å². The second kappa shape index (κ2) is 5.77. The quantitative estimate of drug-likeness (QED) is 0.793. The van der Waals surface area contributed by atoms with Crippen LogP contribution in [0.3, 0.4) is 0 Å². The van der Waals surface area contributed by atoms with Crippen molar-refractivity contribution in [3.05, 3.63) is 0 Å². The third-order valence-electron chi connectivity index (χ3n) is 4.18. The van der Waals surface area contributed by atoms with Crippen LogP contribution >= 0.6 is 0 Å². The third kappa shape index (κ3) is 3.18. The van der Waals surface area contributed by atoms with Crippen LogP contribution in [0.15, 0.2) is 0 Å². The standard InChI is InChI=1S/C13H22N2O4/c1-14(10-4-2-3-5-11(10)16)13(19)15-7-9(8-15)6-12(17)18/h9-11,16H,2-8H2,1H3,(H,17,18). The normalized spacial score (nSPS) is 27.8. The van der Waals surface area contributed by atoms with E-state index < -0.39 is 12.1 Å². The van der Waals surface area contributed by atoms with Gasteiger partial charge in [0.2, 0.25) is 0 Å². The summed E-state index contributed by atoms with van der Waals surface area (Å²) in [5, 5.41) is 18.6. The Bertz CT molecular complexity index is 355. The third-order valence-corrected chi connectivity index (χ3v) is 4.18. The van der Waals surface area contributed by atoms with E-state index in [4.69, 9.17) is 5.11 Å². The number of aliphatic carboxylic acids is 1. The van der Waals surface area contributed by atoms with E-state index in [2.05, 4.69) is 0 Å². The van der Waals surface area contributed by atoms with Crippen LogP contribution in [-0.2, 0) is 4.79 Å². The zero-order chi connectivity index (χ0) is 14.0. The van der Waals surface area contributed by atoms with Gasteiger partial charge in [-0.2, -0.15) is 0 Å². The van der Waals surface area contributed by atoms with Crippen LogP contribution < -0.4 is 0 Å². The summed E-state index contributed by atoms with van der Waals surface area (Å²) in [6.07, 6.45) is 3.35. The lowest BCUT2D eigenvalue weighted by Gasteiger charge is -2.44. The van der Waals surface area contributed by atoms with Crippen molar-refractivity contribution in [3.63, 3.8) is 0 Å². The first-order chi connectivity index (χ1) is 8.99. The van der Waals surface area contributed by atoms with E-state index in [-0.39, 0.29) is 24.4 Å². The van der Waals surface area contributed by atoms with Crippen LogP contribution in [0.25, 0.3) is 0 Å². The Balaban J connectivity index is 1.82. The molecule has 1 aliphatic carbocycles. The fourth-order valence-electron chi connectivity index (χ4n) is 3.01. The Kier molecular flexibility index (Phi) is 4.29. The highest BCUT2D eigenvalue weighted by Crippen LogP contribution is 2.26. The van der Waals surface area contributed by atoms with Gasteiger partial charge in [-0.1, -0.05) is 12.8 Å². The number of urea groups is 1. The molecule has 0 radical (unpaired) electrons. The summed E-state index contributed by atoms with van der Waals surface area (Å²) in [6, 6.07) is -0.188. The van der Waals surface area contributed by atoms with E-state index in [1.807, 2.05) is 0 Å². The number of likely N-dealkylation sites (N-methyl/N-ethyl adjacent to an activating group) is 1. The average molecular weight is 270 g/mol.